The SMILES string of the molecule is CC(C)(C1=CC=CC[CH]1)c1[c]cccc1. The van der Waals surface area contributed by atoms with E-state index in [4.69, 9.17) is 0 Å². The summed E-state index contributed by atoms with van der Waals surface area (Å²) < 4.78 is 0. The molecule has 0 fully saturated rings. The van der Waals surface area contributed by atoms with Crippen LogP contribution < -0.4 is 0 Å². The molecule has 15 heavy (non-hydrogen) atoms. The second-order valence-corrected chi connectivity index (χ2v) is 4.39. The van der Waals surface area contributed by atoms with Crippen LogP contribution in [0.4, 0.5) is 0 Å². The molecule has 2 radical (unpaired) electrons. The topological polar surface area (TPSA) is 0 Å². The second kappa shape index (κ2) is 4.06. The number of hydrogen-bond acceptors (Lipinski definition) is 0. The molecule has 0 saturated carbocycles. The van der Waals surface area contributed by atoms with Gasteiger partial charge in [-0.2, -0.15) is 0 Å². The fourth-order valence-corrected chi connectivity index (χ4v) is 1.91. The average Bonchev–Trinajstić information content (AvgIpc) is 2.31. The maximum Gasteiger partial charge on any atom is 0.0117 e. The molecule has 0 N–H and O–H groups in total. The Kier molecular flexibility index (Phi) is 2.77. The molecular weight excluding hydrogens is 180 g/mol. The quantitative estimate of drug-likeness (QED) is 0.674. The highest BCUT2D eigenvalue weighted by Crippen LogP contribution is 2.34. The van der Waals surface area contributed by atoms with E-state index in [9.17, 15) is 0 Å². The van der Waals surface area contributed by atoms with Crippen LogP contribution in [0, 0.1) is 12.5 Å². The average molecular weight is 196 g/mol. The second-order valence-electron chi connectivity index (χ2n) is 4.39. The van der Waals surface area contributed by atoms with Gasteiger partial charge in [0.25, 0.3) is 0 Å². The lowest BCUT2D eigenvalue weighted by Gasteiger charge is -2.29. The van der Waals surface area contributed by atoms with Crippen molar-refractivity contribution in [2.24, 2.45) is 0 Å². The van der Waals surface area contributed by atoms with Crippen molar-refractivity contribution in [2.75, 3.05) is 0 Å². The Bertz CT molecular complexity index is 380. The van der Waals surface area contributed by atoms with Gasteiger partial charge in [-0.05, 0) is 24.5 Å². The molecule has 0 nitrogen and oxygen atoms in total. The molecule has 2 rings (SSSR count). The molecule has 0 heteroatoms. The van der Waals surface area contributed by atoms with Gasteiger partial charge in [-0.3, -0.25) is 0 Å². The number of rotatable bonds is 2. The van der Waals surface area contributed by atoms with E-state index in [1.165, 1.54) is 11.1 Å². The Morgan fingerprint density at radius 2 is 2.13 bits per heavy atom. The molecular formula is C15H16. The lowest BCUT2D eigenvalue weighted by molar-refractivity contribution is 0.623. The van der Waals surface area contributed by atoms with Crippen LogP contribution in [0.5, 0.6) is 0 Å². The fourth-order valence-electron chi connectivity index (χ4n) is 1.91. The van der Waals surface area contributed by atoms with Crippen LogP contribution in [0.15, 0.2) is 48.1 Å². The molecule has 1 aromatic rings. The molecule has 0 atom stereocenters. The van der Waals surface area contributed by atoms with Crippen molar-refractivity contribution in [3.8, 4) is 0 Å². The van der Waals surface area contributed by atoms with Gasteiger partial charge in [0.1, 0.15) is 0 Å². The zero-order valence-corrected chi connectivity index (χ0v) is 9.33. The zero-order chi connectivity index (χ0) is 10.7. The molecule has 1 aliphatic rings. The van der Waals surface area contributed by atoms with Gasteiger partial charge in [0.05, 0.1) is 0 Å². The molecule has 76 valence electrons. The van der Waals surface area contributed by atoms with Gasteiger partial charge in [-0.25, -0.2) is 0 Å². The number of hydrogen-bond donors (Lipinski definition) is 0. The Morgan fingerprint density at radius 1 is 1.27 bits per heavy atom. The highest BCUT2D eigenvalue weighted by Gasteiger charge is 2.25. The molecule has 0 spiro atoms. The van der Waals surface area contributed by atoms with Crippen molar-refractivity contribution in [3.05, 3.63) is 66.1 Å². The van der Waals surface area contributed by atoms with Gasteiger partial charge < -0.3 is 0 Å². The summed E-state index contributed by atoms with van der Waals surface area (Å²) in [6, 6.07) is 11.5. The summed E-state index contributed by atoms with van der Waals surface area (Å²) in [7, 11) is 0. The minimum Gasteiger partial charge on any atom is -0.0839 e. The molecule has 1 aromatic carbocycles. The van der Waals surface area contributed by atoms with Gasteiger partial charge in [-0.15, -0.1) is 0 Å². The Labute approximate surface area is 92.3 Å². The first-order chi connectivity index (χ1) is 7.21. The van der Waals surface area contributed by atoms with E-state index in [0.29, 0.717) is 0 Å². The lowest BCUT2D eigenvalue weighted by atomic mass is 9.75. The largest absolute Gasteiger partial charge is 0.0839 e. The molecule has 0 aromatic heterocycles. The van der Waals surface area contributed by atoms with E-state index in [2.05, 4.69) is 56.7 Å². The highest BCUT2D eigenvalue weighted by atomic mass is 14.3. The summed E-state index contributed by atoms with van der Waals surface area (Å²) in [6.07, 6.45) is 9.85. The molecule has 0 saturated heterocycles. The molecule has 0 heterocycles. The summed E-state index contributed by atoms with van der Waals surface area (Å²) in [4.78, 5) is 0. The number of allylic oxidation sites excluding steroid dienone is 4. The normalized spacial score (nSPS) is 16.3. The predicted octanol–water partition coefficient (Wildman–Crippen LogP) is 3.85. The maximum atomic E-state index is 3.32. The van der Waals surface area contributed by atoms with Crippen molar-refractivity contribution in [2.45, 2.75) is 25.7 Å². The van der Waals surface area contributed by atoms with Gasteiger partial charge >= 0.3 is 0 Å². The molecule has 0 amide bonds. The maximum absolute atomic E-state index is 3.32. The minimum atomic E-state index is 0.0615. The smallest absolute Gasteiger partial charge is 0.0117 e. The molecule has 0 aliphatic heterocycles. The van der Waals surface area contributed by atoms with Crippen molar-refractivity contribution in [3.63, 3.8) is 0 Å². The molecule has 1 aliphatic carbocycles. The van der Waals surface area contributed by atoms with Gasteiger partial charge in [0.2, 0.25) is 0 Å². The summed E-state index contributed by atoms with van der Waals surface area (Å²) in [5.41, 5.74) is 2.70. The minimum absolute atomic E-state index is 0.0615. The third-order valence-corrected chi connectivity index (χ3v) is 2.99. The van der Waals surface area contributed by atoms with Gasteiger partial charge in [0.15, 0.2) is 0 Å². The van der Waals surface area contributed by atoms with Crippen LogP contribution in [-0.4, -0.2) is 0 Å². The summed E-state index contributed by atoms with van der Waals surface area (Å²) >= 11 is 0. The van der Waals surface area contributed by atoms with Crippen LogP contribution >= 0.6 is 0 Å². The first-order valence-electron chi connectivity index (χ1n) is 5.39. The zero-order valence-electron chi connectivity index (χ0n) is 9.33. The van der Waals surface area contributed by atoms with Crippen LogP contribution in [0.1, 0.15) is 25.8 Å². The third kappa shape index (κ3) is 2.04. The fraction of sp³-hybridized carbons (Fsp3) is 0.267. The van der Waals surface area contributed by atoms with Crippen molar-refractivity contribution in [1.82, 2.24) is 0 Å². The van der Waals surface area contributed by atoms with E-state index < -0.39 is 0 Å². The van der Waals surface area contributed by atoms with E-state index in [1.54, 1.807) is 0 Å². The number of benzene rings is 1. The summed E-state index contributed by atoms with van der Waals surface area (Å²) in [5.74, 6) is 0. The van der Waals surface area contributed by atoms with Crippen molar-refractivity contribution < 1.29 is 0 Å². The Morgan fingerprint density at radius 3 is 2.73 bits per heavy atom. The summed E-state index contributed by atoms with van der Waals surface area (Å²) in [6.45, 7) is 4.50. The van der Waals surface area contributed by atoms with Crippen molar-refractivity contribution in [1.29, 1.82) is 0 Å². The third-order valence-electron chi connectivity index (χ3n) is 2.99. The van der Waals surface area contributed by atoms with E-state index in [-0.39, 0.29) is 5.41 Å². The predicted molar refractivity (Wildman–Crippen MR) is 64.4 cm³/mol. The van der Waals surface area contributed by atoms with E-state index in [0.717, 1.165) is 6.42 Å². The Hall–Kier alpha value is -1.30. The van der Waals surface area contributed by atoms with Gasteiger partial charge in [0, 0.05) is 5.41 Å². The highest BCUT2D eigenvalue weighted by molar-refractivity contribution is 5.41. The standard InChI is InChI=1S/C15H16/c1-15(2,13-9-5-3-6-10-13)14-11-7-4-8-12-14/h3-7,9,11-12H,8H2,1-2H3. The van der Waals surface area contributed by atoms with Crippen LogP contribution in [-0.2, 0) is 5.41 Å². The van der Waals surface area contributed by atoms with Crippen LogP contribution in [0.2, 0.25) is 0 Å². The lowest BCUT2D eigenvalue weighted by Crippen LogP contribution is -2.21. The van der Waals surface area contributed by atoms with Gasteiger partial charge in [-0.1, -0.05) is 61.9 Å². The molecule has 0 bridgehead atoms. The first kappa shape index (κ1) is 10.2. The Balaban J connectivity index is 2.34. The van der Waals surface area contributed by atoms with Crippen LogP contribution in [0.25, 0.3) is 0 Å². The first-order valence-corrected chi connectivity index (χ1v) is 5.39. The van der Waals surface area contributed by atoms with E-state index >= 15 is 0 Å². The van der Waals surface area contributed by atoms with E-state index in [1.807, 2.05) is 12.1 Å². The molecule has 0 unspecified atom stereocenters. The van der Waals surface area contributed by atoms with Crippen molar-refractivity contribution >= 4 is 0 Å². The monoisotopic (exact) mass is 196 g/mol. The summed E-state index contributed by atoms with van der Waals surface area (Å²) in [5, 5.41) is 0. The van der Waals surface area contributed by atoms with Crippen LogP contribution in [0.3, 0.4) is 0 Å².